The first-order valence-electron chi connectivity index (χ1n) is 6.56. The molecule has 0 radical (unpaired) electrons. The van der Waals surface area contributed by atoms with Gasteiger partial charge in [0.15, 0.2) is 0 Å². The lowest BCUT2D eigenvalue weighted by atomic mass is 10.2. The summed E-state index contributed by atoms with van der Waals surface area (Å²) in [4.78, 5) is 1.39. The highest BCUT2D eigenvalue weighted by Crippen LogP contribution is 2.29. The summed E-state index contributed by atoms with van der Waals surface area (Å²) in [7, 11) is -1.55. The van der Waals surface area contributed by atoms with Crippen LogP contribution in [0.3, 0.4) is 0 Å². The van der Waals surface area contributed by atoms with Crippen LogP contribution in [0.2, 0.25) is 0 Å². The van der Waals surface area contributed by atoms with E-state index in [9.17, 15) is 8.42 Å². The summed E-state index contributed by atoms with van der Waals surface area (Å²) in [5.74, 6) is 0.321. The predicted octanol–water partition coefficient (Wildman–Crippen LogP) is 2.44. The van der Waals surface area contributed by atoms with Crippen LogP contribution in [0.5, 0.6) is 0 Å². The van der Waals surface area contributed by atoms with E-state index in [1.165, 1.54) is 11.3 Å². The minimum absolute atomic E-state index is 0.321. The molecular weight excluding hydrogens is 280 g/mol. The van der Waals surface area contributed by atoms with Crippen LogP contribution in [-0.4, -0.2) is 32.9 Å². The lowest BCUT2D eigenvalue weighted by Crippen LogP contribution is -2.34. The lowest BCUT2D eigenvalue weighted by molar-refractivity contribution is 0.380. The molecule has 0 saturated carbocycles. The Balaban J connectivity index is 3.21. The van der Waals surface area contributed by atoms with E-state index >= 15 is 0 Å². The number of sulfonamides is 1. The molecule has 0 fully saturated rings. The molecule has 1 aromatic heterocycles. The second-order valence-electron chi connectivity index (χ2n) is 5.05. The topological polar surface area (TPSA) is 49.4 Å². The number of nitrogens with zero attached hydrogens (tertiary/aromatic N) is 1. The highest BCUT2D eigenvalue weighted by atomic mass is 32.2. The third kappa shape index (κ3) is 3.78. The second kappa shape index (κ2) is 6.83. The molecule has 1 aromatic rings. The van der Waals surface area contributed by atoms with E-state index in [1.54, 1.807) is 4.31 Å². The van der Waals surface area contributed by atoms with Crippen molar-refractivity contribution in [1.29, 1.82) is 0 Å². The maximum atomic E-state index is 12.8. The molecule has 0 aliphatic rings. The van der Waals surface area contributed by atoms with Crippen LogP contribution in [0.1, 0.15) is 31.2 Å². The minimum atomic E-state index is -3.38. The molecular formula is C13H24N2O2S2. The van der Waals surface area contributed by atoms with E-state index in [-0.39, 0.29) is 0 Å². The van der Waals surface area contributed by atoms with Gasteiger partial charge in [-0.1, -0.05) is 20.8 Å². The van der Waals surface area contributed by atoms with Crippen LogP contribution in [0.15, 0.2) is 10.3 Å². The minimum Gasteiger partial charge on any atom is -0.315 e. The van der Waals surface area contributed by atoms with Crippen molar-refractivity contribution in [3.8, 4) is 0 Å². The molecule has 0 bridgehead atoms. The molecule has 19 heavy (non-hydrogen) atoms. The van der Waals surface area contributed by atoms with Crippen LogP contribution >= 0.6 is 11.3 Å². The molecule has 110 valence electrons. The summed E-state index contributed by atoms with van der Waals surface area (Å²) < 4.78 is 27.1. The number of thiophene rings is 1. The molecule has 0 atom stereocenters. The highest BCUT2D eigenvalue weighted by molar-refractivity contribution is 7.89. The van der Waals surface area contributed by atoms with Crippen LogP contribution in [0.25, 0.3) is 0 Å². The first kappa shape index (κ1) is 16.6. The standard InChI is InChI=1S/C13H24N2O2S2/c1-6-15(8-10(2)3)19(16,17)13-11(4)9-18-12(13)7-14-5/h9-10,14H,6-8H2,1-5H3. The van der Waals surface area contributed by atoms with Gasteiger partial charge in [-0.2, -0.15) is 4.31 Å². The average molecular weight is 304 g/mol. The van der Waals surface area contributed by atoms with Gasteiger partial charge in [-0.3, -0.25) is 0 Å². The molecule has 1 rings (SSSR count). The zero-order valence-corrected chi connectivity index (χ0v) is 14.0. The van der Waals surface area contributed by atoms with Gasteiger partial charge in [0, 0.05) is 24.5 Å². The van der Waals surface area contributed by atoms with Crippen LogP contribution in [0, 0.1) is 12.8 Å². The average Bonchev–Trinajstić information content (AvgIpc) is 2.68. The van der Waals surface area contributed by atoms with E-state index in [2.05, 4.69) is 5.32 Å². The predicted molar refractivity (Wildman–Crippen MR) is 81.1 cm³/mol. The monoisotopic (exact) mass is 304 g/mol. The third-order valence-electron chi connectivity index (χ3n) is 2.85. The van der Waals surface area contributed by atoms with Gasteiger partial charge >= 0.3 is 0 Å². The fraction of sp³-hybridized carbons (Fsp3) is 0.692. The molecule has 0 saturated heterocycles. The Morgan fingerprint density at radius 3 is 2.53 bits per heavy atom. The van der Waals surface area contributed by atoms with Crippen molar-refractivity contribution in [3.05, 3.63) is 15.8 Å². The summed E-state index contributed by atoms with van der Waals surface area (Å²) in [6, 6.07) is 0. The second-order valence-corrected chi connectivity index (χ2v) is 7.89. The molecule has 1 heterocycles. The van der Waals surface area contributed by atoms with Crippen molar-refractivity contribution in [2.75, 3.05) is 20.1 Å². The Morgan fingerprint density at radius 2 is 2.05 bits per heavy atom. The van der Waals surface area contributed by atoms with Crippen LogP contribution in [0.4, 0.5) is 0 Å². The van der Waals surface area contributed by atoms with Gasteiger partial charge in [-0.15, -0.1) is 11.3 Å². The number of aryl methyl sites for hydroxylation is 1. The normalized spacial score (nSPS) is 12.6. The number of hydrogen-bond donors (Lipinski definition) is 1. The Labute approximate surface area is 120 Å². The SMILES string of the molecule is CCN(CC(C)C)S(=O)(=O)c1c(C)csc1CNC. The summed E-state index contributed by atoms with van der Waals surface area (Å²) >= 11 is 1.51. The molecule has 0 aliphatic carbocycles. The van der Waals surface area contributed by atoms with E-state index in [1.807, 2.05) is 40.1 Å². The fourth-order valence-electron chi connectivity index (χ4n) is 2.05. The third-order valence-corrected chi connectivity index (χ3v) is 6.25. The van der Waals surface area contributed by atoms with E-state index in [4.69, 9.17) is 0 Å². The Morgan fingerprint density at radius 1 is 1.42 bits per heavy atom. The van der Waals surface area contributed by atoms with Crippen molar-refractivity contribution in [2.45, 2.75) is 39.1 Å². The molecule has 0 spiro atoms. The van der Waals surface area contributed by atoms with Gasteiger partial charge in [0.1, 0.15) is 4.90 Å². The first-order valence-corrected chi connectivity index (χ1v) is 8.88. The number of rotatable bonds is 7. The zero-order chi connectivity index (χ0) is 14.6. The summed E-state index contributed by atoms with van der Waals surface area (Å²) in [6.07, 6.45) is 0. The Bertz CT molecular complexity index is 507. The van der Waals surface area contributed by atoms with Gasteiger partial charge in [-0.05, 0) is 30.8 Å². The van der Waals surface area contributed by atoms with Crippen molar-refractivity contribution in [3.63, 3.8) is 0 Å². The number of hydrogen-bond acceptors (Lipinski definition) is 4. The van der Waals surface area contributed by atoms with E-state index in [0.717, 1.165) is 10.4 Å². The van der Waals surface area contributed by atoms with Crippen molar-refractivity contribution in [1.82, 2.24) is 9.62 Å². The maximum Gasteiger partial charge on any atom is 0.244 e. The molecule has 0 unspecified atom stereocenters. The van der Waals surface area contributed by atoms with Crippen molar-refractivity contribution in [2.24, 2.45) is 5.92 Å². The molecule has 1 N–H and O–H groups in total. The number of nitrogens with one attached hydrogen (secondary N) is 1. The lowest BCUT2D eigenvalue weighted by Gasteiger charge is -2.23. The maximum absolute atomic E-state index is 12.8. The van der Waals surface area contributed by atoms with Gasteiger partial charge < -0.3 is 5.32 Å². The Kier molecular flexibility index (Phi) is 5.98. The smallest absolute Gasteiger partial charge is 0.244 e. The van der Waals surface area contributed by atoms with Crippen LogP contribution < -0.4 is 5.32 Å². The first-order chi connectivity index (χ1) is 8.84. The summed E-state index contributed by atoms with van der Waals surface area (Å²) in [5, 5.41) is 4.95. The zero-order valence-electron chi connectivity index (χ0n) is 12.4. The molecule has 6 heteroatoms. The quantitative estimate of drug-likeness (QED) is 0.842. The molecule has 0 aliphatic heterocycles. The molecule has 0 amide bonds. The van der Waals surface area contributed by atoms with Crippen molar-refractivity contribution < 1.29 is 8.42 Å². The molecule has 0 aromatic carbocycles. The Hall–Kier alpha value is -0.430. The summed E-state index contributed by atoms with van der Waals surface area (Å²) in [5.41, 5.74) is 0.845. The highest BCUT2D eigenvalue weighted by Gasteiger charge is 2.28. The molecule has 4 nitrogen and oxygen atoms in total. The van der Waals surface area contributed by atoms with E-state index < -0.39 is 10.0 Å². The van der Waals surface area contributed by atoms with Gasteiger partial charge in [0.05, 0.1) is 0 Å². The largest absolute Gasteiger partial charge is 0.315 e. The van der Waals surface area contributed by atoms with Gasteiger partial charge in [-0.25, -0.2) is 8.42 Å². The fourth-order valence-corrected chi connectivity index (χ4v) is 5.44. The van der Waals surface area contributed by atoms with Gasteiger partial charge in [0.25, 0.3) is 0 Å². The van der Waals surface area contributed by atoms with Crippen LogP contribution in [-0.2, 0) is 16.6 Å². The van der Waals surface area contributed by atoms with E-state index in [0.29, 0.717) is 30.4 Å². The van der Waals surface area contributed by atoms with Crippen molar-refractivity contribution >= 4 is 21.4 Å². The summed E-state index contributed by atoms with van der Waals surface area (Å²) in [6.45, 7) is 9.49. The van der Waals surface area contributed by atoms with Gasteiger partial charge in [0.2, 0.25) is 10.0 Å².